The highest BCUT2D eigenvalue weighted by atomic mass is 32.1. The molecule has 0 amide bonds. The molecular weight excluding hydrogens is 214 g/mol. The van der Waals surface area contributed by atoms with Gasteiger partial charge >= 0.3 is 5.97 Å². The second kappa shape index (κ2) is 4.28. The molecule has 1 aromatic heterocycles. The first kappa shape index (κ1) is 10.6. The van der Waals surface area contributed by atoms with Gasteiger partial charge in [0, 0.05) is 17.7 Å². The van der Waals surface area contributed by atoms with Gasteiger partial charge in [0.1, 0.15) is 11.1 Å². The van der Waals surface area contributed by atoms with Gasteiger partial charge in [0.15, 0.2) is 0 Å². The number of hydrogen-bond acceptors (Lipinski definition) is 4. The molecule has 15 heavy (non-hydrogen) atoms. The summed E-state index contributed by atoms with van der Waals surface area (Å²) in [6.45, 7) is 2.57. The first-order valence-corrected chi connectivity index (χ1v) is 5.83. The van der Waals surface area contributed by atoms with Gasteiger partial charge in [-0.15, -0.1) is 11.3 Å². The fourth-order valence-corrected chi connectivity index (χ4v) is 2.68. The standard InChI is InChI=1S/C10H13NO3S/c1-2-6-5-11-9(15-6)8-7(10(12)13)3-4-14-8/h5,7-8H,2-4H2,1H3,(H,12,13). The number of nitrogens with zero attached hydrogens (tertiary/aromatic N) is 1. The molecule has 0 aromatic carbocycles. The molecule has 2 rings (SSSR count). The van der Waals surface area contributed by atoms with Crippen LogP contribution in [0.4, 0.5) is 0 Å². The Bertz CT molecular complexity index is 363. The molecule has 1 N–H and O–H groups in total. The molecule has 0 spiro atoms. The number of rotatable bonds is 3. The van der Waals surface area contributed by atoms with E-state index >= 15 is 0 Å². The number of hydrogen-bond donors (Lipinski definition) is 1. The molecule has 2 unspecified atom stereocenters. The summed E-state index contributed by atoms with van der Waals surface area (Å²) in [5, 5.41) is 9.81. The van der Waals surface area contributed by atoms with Crippen molar-refractivity contribution in [2.24, 2.45) is 5.92 Å². The molecule has 1 fully saturated rings. The molecule has 0 aliphatic carbocycles. The molecule has 4 nitrogen and oxygen atoms in total. The Labute approximate surface area is 91.9 Å². The second-order valence-corrected chi connectivity index (χ2v) is 4.69. The lowest BCUT2D eigenvalue weighted by Gasteiger charge is -2.11. The normalized spacial score (nSPS) is 25.7. The highest BCUT2D eigenvalue weighted by Gasteiger charge is 2.36. The van der Waals surface area contributed by atoms with Crippen molar-refractivity contribution in [2.75, 3.05) is 6.61 Å². The first-order valence-electron chi connectivity index (χ1n) is 5.01. The van der Waals surface area contributed by atoms with Crippen molar-refractivity contribution >= 4 is 17.3 Å². The van der Waals surface area contributed by atoms with E-state index in [1.54, 1.807) is 17.5 Å². The van der Waals surface area contributed by atoms with Crippen molar-refractivity contribution in [1.82, 2.24) is 4.98 Å². The topological polar surface area (TPSA) is 59.4 Å². The fraction of sp³-hybridized carbons (Fsp3) is 0.600. The van der Waals surface area contributed by atoms with Gasteiger partial charge < -0.3 is 9.84 Å². The Kier molecular flexibility index (Phi) is 3.02. The van der Waals surface area contributed by atoms with Gasteiger partial charge in [0.2, 0.25) is 0 Å². The highest BCUT2D eigenvalue weighted by Crippen LogP contribution is 2.36. The quantitative estimate of drug-likeness (QED) is 0.856. The summed E-state index contributed by atoms with van der Waals surface area (Å²) >= 11 is 1.55. The molecule has 0 bridgehead atoms. The average molecular weight is 227 g/mol. The molecule has 5 heteroatoms. The van der Waals surface area contributed by atoms with Gasteiger partial charge in [-0.2, -0.15) is 0 Å². The third-order valence-electron chi connectivity index (χ3n) is 2.57. The van der Waals surface area contributed by atoms with Crippen LogP contribution in [0.1, 0.15) is 29.3 Å². The van der Waals surface area contributed by atoms with Gasteiger partial charge in [-0.05, 0) is 12.8 Å². The number of aromatic nitrogens is 1. The van der Waals surface area contributed by atoms with Crippen LogP contribution >= 0.6 is 11.3 Å². The van der Waals surface area contributed by atoms with E-state index in [1.807, 2.05) is 0 Å². The number of ether oxygens (including phenoxy) is 1. The van der Waals surface area contributed by atoms with Crippen molar-refractivity contribution in [3.8, 4) is 0 Å². The number of aryl methyl sites for hydroxylation is 1. The van der Waals surface area contributed by atoms with Gasteiger partial charge in [-0.25, -0.2) is 4.98 Å². The number of carboxylic acid groups (broad SMARTS) is 1. The van der Waals surface area contributed by atoms with E-state index in [4.69, 9.17) is 9.84 Å². The van der Waals surface area contributed by atoms with Crippen LogP contribution in [0.2, 0.25) is 0 Å². The summed E-state index contributed by atoms with van der Waals surface area (Å²) in [7, 11) is 0. The van der Waals surface area contributed by atoms with Crippen LogP contribution in [-0.2, 0) is 16.0 Å². The maximum absolute atomic E-state index is 11.0. The number of thiazole rings is 1. The van der Waals surface area contributed by atoms with Crippen molar-refractivity contribution in [1.29, 1.82) is 0 Å². The van der Waals surface area contributed by atoms with Gasteiger partial charge in [0.05, 0.1) is 5.92 Å². The zero-order valence-electron chi connectivity index (χ0n) is 8.47. The van der Waals surface area contributed by atoms with E-state index in [1.165, 1.54) is 4.88 Å². The maximum Gasteiger partial charge on any atom is 0.309 e. The van der Waals surface area contributed by atoms with E-state index in [-0.39, 0.29) is 6.10 Å². The first-order chi connectivity index (χ1) is 7.22. The Morgan fingerprint density at radius 3 is 3.20 bits per heavy atom. The summed E-state index contributed by atoms with van der Waals surface area (Å²) < 4.78 is 5.44. The summed E-state index contributed by atoms with van der Waals surface area (Å²) in [6.07, 6.45) is 2.98. The Morgan fingerprint density at radius 2 is 2.60 bits per heavy atom. The van der Waals surface area contributed by atoms with E-state index < -0.39 is 11.9 Å². The van der Waals surface area contributed by atoms with Crippen LogP contribution in [0.25, 0.3) is 0 Å². The lowest BCUT2D eigenvalue weighted by molar-refractivity contribution is -0.143. The minimum Gasteiger partial charge on any atom is -0.481 e. The molecule has 0 radical (unpaired) electrons. The molecule has 0 saturated carbocycles. The van der Waals surface area contributed by atoms with Gasteiger partial charge in [-0.1, -0.05) is 6.92 Å². The van der Waals surface area contributed by atoms with Crippen molar-refractivity contribution in [2.45, 2.75) is 25.9 Å². The lowest BCUT2D eigenvalue weighted by Crippen LogP contribution is -2.17. The number of aliphatic carboxylic acids is 1. The summed E-state index contributed by atoms with van der Waals surface area (Å²) in [5.41, 5.74) is 0. The molecule has 1 aliphatic heterocycles. The molecular formula is C10H13NO3S. The SMILES string of the molecule is CCc1cnc(C2OCCC2C(=O)O)s1. The van der Waals surface area contributed by atoms with Crippen molar-refractivity contribution in [3.63, 3.8) is 0 Å². The monoisotopic (exact) mass is 227 g/mol. The van der Waals surface area contributed by atoms with Crippen LogP contribution in [-0.4, -0.2) is 22.7 Å². The van der Waals surface area contributed by atoms with E-state index in [9.17, 15) is 4.79 Å². The average Bonchev–Trinajstić information content (AvgIpc) is 2.85. The third kappa shape index (κ3) is 2.03. The minimum absolute atomic E-state index is 0.340. The van der Waals surface area contributed by atoms with Crippen molar-refractivity contribution in [3.05, 3.63) is 16.1 Å². The van der Waals surface area contributed by atoms with Gasteiger partial charge in [0.25, 0.3) is 0 Å². The number of carbonyl (C=O) groups is 1. The summed E-state index contributed by atoms with van der Waals surface area (Å²) in [4.78, 5) is 16.4. The van der Waals surface area contributed by atoms with Crippen LogP contribution in [0.3, 0.4) is 0 Å². The van der Waals surface area contributed by atoms with Crippen LogP contribution in [0.5, 0.6) is 0 Å². The van der Waals surface area contributed by atoms with Crippen LogP contribution in [0.15, 0.2) is 6.20 Å². The zero-order chi connectivity index (χ0) is 10.8. The molecule has 82 valence electrons. The Morgan fingerprint density at radius 1 is 1.80 bits per heavy atom. The Balaban J connectivity index is 2.18. The Hall–Kier alpha value is -0.940. The van der Waals surface area contributed by atoms with Gasteiger partial charge in [-0.3, -0.25) is 4.79 Å². The molecule has 1 saturated heterocycles. The minimum atomic E-state index is -0.786. The molecule has 1 aromatic rings. The summed E-state index contributed by atoms with van der Waals surface area (Å²) in [6, 6.07) is 0. The van der Waals surface area contributed by atoms with E-state index in [0.717, 1.165) is 11.4 Å². The van der Waals surface area contributed by atoms with E-state index in [2.05, 4.69) is 11.9 Å². The molecule has 1 aliphatic rings. The third-order valence-corrected chi connectivity index (χ3v) is 3.78. The van der Waals surface area contributed by atoms with Crippen LogP contribution < -0.4 is 0 Å². The highest BCUT2D eigenvalue weighted by molar-refractivity contribution is 7.11. The van der Waals surface area contributed by atoms with Crippen LogP contribution in [0, 0.1) is 5.92 Å². The lowest BCUT2D eigenvalue weighted by atomic mass is 10.0. The van der Waals surface area contributed by atoms with Crippen molar-refractivity contribution < 1.29 is 14.6 Å². The molecule has 2 atom stereocenters. The summed E-state index contributed by atoms with van der Waals surface area (Å²) in [5.74, 6) is -1.22. The smallest absolute Gasteiger partial charge is 0.309 e. The predicted octanol–water partition coefficient (Wildman–Crippen LogP) is 1.87. The largest absolute Gasteiger partial charge is 0.481 e. The second-order valence-electron chi connectivity index (χ2n) is 3.54. The molecule has 2 heterocycles. The number of carboxylic acids is 1. The zero-order valence-corrected chi connectivity index (χ0v) is 9.29. The maximum atomic E-state index is 11.0. The van der Waals surface area contributed by atoms with E-state index in [0.29, 0.717) is 13.0 Å². The fourth-order valence-electron chi connectivity index (χ4n) is 1.70. The predicted molar refractivity (Wildman–Crippen MR) is 55.9 cm³/mol.